The second-order valence-corrected chi connectivity index (χ2v) is 4.02. The molecule has 0 unspecified atom stereocenters. The minimum Gasteiger partial charge on any atom is -0.481 e. The number of aliphatic hydroxyl groups excluding tert-OH is 4. The van der Waals surface area contributed by atoms with Crippen LogP contribution in [0.5, 0.6) is 0 Å². The number of aliphatic carboxylic acids is 2. The van der Waals surface area contributed by atoms with E-state index in [-0.39, 0.29) is 0 Å². The summed E-state index contributed by atoms with van der Waals surface area (Å²) in [6.45, 7) is -1.60. The van der Waals surface area contributed by atoms with E-state index in [1.54, 1.807) is 0 Å². The van der Waals surface area contributed by atoms with Gasteiger partial charge in [0, 0.05) is 0 Å². The van der Waals surface area contributed by atoms with Crippen molar-refractivity contribution >= 4 is 17.7 Å². The topological polar surface area (TPSA) is 185 Å². The molecule has 116 valence electrons. The quantitative estimate of drug-likeness (QED) is 0.210. The fourth-order valence-corrected chi connectivity index (χ4v) is 1.26. The van der Waals surface area contributed by atoms with Crippen molar-refractivity contribution in [3.8, 4) is 0 Å². The second kappa shape index (κ2) is 8.55. The molecule has 10 nitrogen and oxygen atoms in total. The first-order valence-electron chi connectivity index (χ1n) is 5.56. The third-order valence-corrected chi connectivity index (χ3v) is 2.43. The van der Waals surface area contributed by atoms with Gasteiger partial charge in [0.25, 0.3) is 0 Å². The van der Waals surface area contributed by atoms with E-state index >= 15 is 0 Å². The van der Waals surface area contributed by atoms with Crippen molar-refractivity contribution in [2.45, 2.75) is 30.8 Å². The van der Waals surface area contributed by atoms with Crippen LogP contribution in [0, 0.1) is 0 Å². The SMILES string of the molecule is O=C(O)C[C@H](NCC(=O)[C@@H](O)[C@H](O)[C@H](O)CO)C(=O)O. The third kappa shape index (κ3) is 6.04. The zero-order chi connectivity index (χ0) is 15.9. The van der Waals surface area contributed by atoms with E-state index in [1.165, 1.54) is 0 Å². The van der Waals surface area contributed by atoms with Crippen LogP contribution in [0.25, 0.3) is 0 Å². The second-order valence-electron chi connectivity index (χ2n) is 4.02. The molecule has 0 amide bonds. The molecule has 0 spiro atoms. The summed E-state index contributed by atoms with van der Waals surface area (Å²) in [6, 6.07) is -1.54. The van der Waals surface area contributed by atoms with Crippen LogP contribution in [0.4, 0.5) is 0 Å². The van der Waals surface area contributed by atoms with Crippen LogP contribution in [0.15, 0.2) is 0 Å². The summed E-state index contributed by atoms with van der Waals surface area (Å²) in [5, 5.41) is 55.4. The van der Waals surface area contributed by atoms with Gasteiger partial charge in [0.2, 0.25) is 0 Å². The van der Waals surface area contributed by atoms with E-state index < -0.39 is 61.6 Å². The van der Waals surface area contributed by atoms with Gasteiger partial charge in [-0.15, -0.1) is 0 Å². The zero-order valence-electron chi connectivity index (χ0n) is 10.3. The summed E-state index contributed by atoms with van der Waals surface area (Å²) in [6.07, 6.45) is -6.48. The average molecular weight is 295 g/mol. The highest BCUT2D eigenvalue weighted by Crippen LogP contribution is 2.02. The Morgan fingerprint density at radius 1 is 1.05 bits per heavy atom. The van der Waals surface area contributed by atoms with E-state index in [0.29, 0.717) is 0 Å². The number of carboxylic acids is 2. The van der Waals surface area contributed by atoms with Gasteiger partial charge in [-0.05, 0) is 0 Å². The highest BCUT2D eigenvalue weighted by atomic mass is 16.4. The van der Waals surface area contributed by atoms with Gasteiger partial charge in [-0.2, -0.15) is 0 Å². The molecule has 0 saturated carbocycles. The lowest BCUT2D eigenvalue weighted by Crippen LogP contribution is -2.49. The predicted molar refractivity (Wildman–Crippen MR) is 61.8 cm³/mol. The van der Waals surface area contributed by atoms with E-state index in [9.17, 15) is 24.6 Å². The van der Waals surface area contributed by atoms with Gasteiger partial charge in [0.15, 0.2) is 5.78 Å². The van der Waals surface area contributed by atoms with Crippen molar-refractivity contribution in [3.63, 3.8) is 0 Å². The summed E-state index contributed by atoms with van der Waals surface area (Å²) >= 11 is 0. The number of carbonyl (C=O) groups is 3. The molecule has 0 aliphatic rings. The number of carbonyl (C=O) groups excluding carboxylic acids is 1. The fraction of sp³-hybridized carbons (Fsp3) is 0.700. The number of hydrogen-bond acceptors (Lipinski definition) is 8. The molecule has 0 radical (unpaired) electrons. The van der Waals surface area contributed by atoms with Crippen molar-refractivity contribution in [3.05, 3.63) is 0 Å². The van der Waals surface area contributed by atoms with Gasteiger partial charge < -0.3 is 30.6 Å². The molecular formula is C10H17NO9. The molecule has 0 heterocycles. The van der Waals surface area contributed by atoms with E-state index in [0.717, 1.165) is 0 Å². The maximum atomic E-state index is 11.4. The number of nitrogens with one attached hydrogen (secondary N) is 1. The molecule has 0 saturated heterocycles. The lowest BCUT2D eigenvalue weighted by atomic mass is 10.0. The highest BCUT2D eigenvalue weighted by molar-refractivity contribution is 5.86. The number of aliphatic hydroxyl groups is 4. The predicted octanol–water partition coefficient (Wildman–Crippen LogP) is -3.85. The Bertz CT molecular complexity index is 359. The molecule has 0 aliphatic heterocycles. The highest BCUT2D eigenvalue weighted by Gasteiger charge is 2.30. The minimum absolute atomic E-state index is 0.722. The zero-order valence-corrected chi connectivity index (χ0v) is 10.3. The van der Waals surface area contributed by atoms with Crippen LogP contribution >= 0.6 is 0 Å². The summed E-state index contributed by atoms with van der Waals surface area (Å²) < 4.78 is 0. The molecular weight excluding hydrogens is 278 g/mol. The lowest BCUT2D eigenvalue weighted by Gasteiger charge is -2.21. The number of ketones is 1. The lowest BCUT2D eigenvalue weighted by molar-refractivity contribution is -0.146. The van der Waals surface area contributed by atoms with Crippen molar-refractivity contribution in [1.82, 2.24) is 5.32 Å². The molecule has 10 heteroatoms. The molecule has 0 aromatic carbocycles. The first kappa shape index (κ1) is 18.4. The Morgan fingerprint density at radius 2 is 1.60 bits per heavy atom. The van der Waals surface area contributed by atoms with Crippen molar-refractivity contribution in [2.75, 3.05) is 13.2 Å². The van der Waals surface area contributed by atoms with E-state index in [4.69, 9.17) is 20.4 Å². The molecule has 0 fully saturated rings. The molecule has 0 aliphatic carbocycles. The molecule has 7 N–H and O–H groups in total. The standard InChI is InChI=1S/C10H17NO9/c12-3-6(14)9(18)8(17)5(13)2-11-4(10(19)20)1-7(15)16/h4,6,8-9,11-12,14,17-18H,1-3H2,(H,15,16)(H,19,20)/t4-,6+,8+,9+/m0/s1. The summed E-state index contributed by atoms with van der Waals surface area (Å²) in [7, 11) is 0. The van der Waals surface area contributed by atoms with Crippen molar-refractivity contribution in [2.24, 2.45) is 0 Å². The Morgan fingerprint density at radius 3 is 2.00 bits per heavy atom. The first-order valence-corrected chi connectivity index (χ1v) is 5.56. The summed E-state index contributed by atoms with van der Waals surface area (Å²) in [4.78, 5) is 32.5. The molecule has 0 aromatic heterocycles. The molecule has 20 heavy (non-hydrogen) atoms. The minimum atomic E-state index is -2.04. The molecule has 4 atom stereocenters. The van der Waals surface area contributed by atoms with Crippen LogP contribution in [-0.4, -0.2) is 85.9 Å². The average Bonchev–Trinajstić information content (AvgIpc) is 2.39. The largest absolute Gasteiger partial charge is 0.481 e. The maximum absolute atomic E-state index is 11.4. The van der Waals surface area contributed by atoms with E-state index in [2.05, 4.69) is 5.32 Å². The number of carboxylic acid groups (broad SMARTS) is 2. The van der Waals surface area contributed by atoms with Crippen LogP contribution in [0.2, 0.25) is 0 Å². The Kier molecular flexibility index (Phi) is 7.87. The van der Waals surface area contributed by atoms with Crippen LogP contribution in [0.1, 0.15) is 6.42 Å². The Labute approximate surface area is 113 Å². The fourth-order valence-electron chi connectivity index (χ4n) is 1.26. The van der Waals surface area contributed by atoms with Gasteiger partial charge in [-0.25, -0.2) is 0 Å². The van der Waals surface area contributed by atoms with Gasteiger partial charge in [-0.3, -0.25) is 19.7 Å². The van der Waals surface area contributed by atoms with Gasteiger partial charge >= 0.3 is 11.9 Å². The van der Waals surface area contributed by atoms with Crippen molar-refractivity contribution in [1.29, 1.82) is 0 Å². The first-order chi connectivity index (χ1) is 9.20. The number of rotatable bonds is 10. The Balaban J connectivity index is 4.44. The normalized spacial score (nSPS) is 17.0. The van der Waals surface area contributed by atoms with Crippen LogP contribution in [-0.2, 0) is 14.4 Å². The Hall–Kier alpha value is -1.59. The van der Waals surface area contributed by atoms with Gasteiger partial charge in [0.05, 0.1) is 19.6 Å². The smallest absolute Gasteiger partial charge is 0.321 e. The van der Waals surface area contributed by atoms with Crippen molar-refractivity contribution < 1.29 is 45.0 Å². The van der Waals surface area contributed by atoms with Crippen LogP contribution in [0.3, 0.4) is 0 Å². The molecule has 0 rings (SSSR count). The number of Topliss-reactive ketones (excluding diaryl/α,β-unsaturated/α-hetero) is 1. The molecule has 0 bridgehead atoms. The van der Waals surface area contributed by atoms with Gasteiger partial charge in [0.1, 0.15) is 24.4 Å². The molecule has 0 aromatic rings. The monoisotopic (exact) mass is 295 g/mol. The summed E-state index contributed by atoms with van der Waals surface area (Å²) in [5.41, 5.74) is 0. The van der Waals surface area contributed by atoms with Gasteiger partial charge in [-0.1, -0.05) is 0 Å². The third-order valence-electron chi connectivity index (χ3n) is 2.43. The maximum Gasteiger partial charge on any atom is 0.321 e. The summed E-state index contributed by atoms with van der Waals surface area (Å²) in [5.74, 6) is -3.94. The van der Waals surface area contributed by atoms with Crippen LogP contribution < -0.4 is 5.32 Å². The number of hydrogen-bond donors (Lipinski definition) is 7. The van der Waals surface area contributed by atoms with E-state index in [1.807, 2.05) is 0 Å².